The van der Waals surface area contributed by atoms with Gasteiger partial charge in [0.15, 0.2) is 0 Å². The summed E-state index contributed by atoms with van der Waals surface area (Å²) in [5, 5.41) is 11.1. The normalized spacial score (nSPS) is 32.9. The van der Waals surface area contributed by atoms with Crippen LogP contribution >= 0.6 is 0 Å². The molecule has 9 fully saturated rings. The Balaban J connectivity index is 0.724. The Morgan fingerprint density at radius 1 is 0.537 bits per heavy atom. The van der Waals surface area contributed by atoms with E-state index in [-0.39, 0.29) is 74.6 Å². The van der Waals surface area contributed by atoms with Crippen molar-refractivity contribution >= 4 is 89.6 Å². The molecule has 0 spiro atoms. The van der Waals surface area contributed by atoms with Gasteiger partial charge in [-0.2, -0.15) is 0 Å². The number of nitrogens with zero attached hydrogens (tertiary/aromatic N) is 5. The second-order valence-corrected chi connectivity index (χ2v) is 36.5. The summed E-state index contributed by atoms with van der Waals surface area (Å²) in [6, 6.07) is 10.7. The number of hydrogen-bond donors (Lipinski definition) is 6. The molecule has 7 saturated carbocycles. The predicted molar refractivity (Wildman–Crippen MR) is 397 cm³/mol. The van der Waals surface area contributed by atoms with Crippen LogP contribution in [-0.2, 0) is 71.1 Å². The lowest BCUT2D eigenvalue weighted by atomic mass is 9.66. The molecule has 2 saturated heterocycles. The number of para-hydroxylation sites is 1. The highest BCUT2D eigenvalue weighted by atomic mass is 32.2. The largest absolute Gasteiger partial charge is 0.487 e. The quantitative estimate of drug-likeness (QED) is 0.0645. The molecule has 8 amide bonds. The van der Waals surface area contributed by atoms with Gasteiger partial charge in [0.25, 0.3) is 11.8 Å². The minimum atomic E-state index is -4.03. The van der Waals surface area contributed by atoms with E-state index in [1.54, 1.807) is 6.08 Å². The van der Waals surface area contributed by atoms with Gasteiger partial charge in [-0.15, -0.1) is 13.2 Å². The van der Waals surface area contributed by atoms with Crippen molar-refractivity contribution in [1.82, 2.24) is 55.5 Å². The van der Waals surface area contributed by atoms with Gasteiger partial charge in [-0.25, -0.2) is 41.4 Å². The summed E-state index contributed by atoms with van der Waals surface area (Å²) in [4.78, 5) is 136. The van der Waals surface area contributed by atoms with Crippen LogP contribution in [0.3, 0.4) is 0 Å². The average molecular weight is 1520 g/mol. The zero-order valence-corrected chi connectivity index (χ0v) is 63.1. The minimum absolute atomic E-state index is 0.00910. The summed E-state index contributed by atoms with van der Waals surface area (Å²) >= 11 is 0. The third-order valence-electron chi connectivity index (χ3n) is 25.5. The molecule has 2 aromatic heterocycles. The second kappa shape index (κ2) is 30.8. The Morgan fingerprint density at radius 3 is 1.66 bits per heavy atom. The summed E-state index contributed by atoms with van der Waals surface area (Å²) in [5.74, 6) is -5.16. The molecule has 580 valence electrons. The Kier molecular flexibility index (Phi) is 21.4. The number of fused-ring (bicyclic) bond motifs is 10. The maximum absolute atomic E-state index is 16.1. The highest BCUT2D eigenvalue weighted by Crippen LogP contribution is 2.46. The van der Waals surface area contributed by atoms with E-state index in [0.717, 1.165) is 92.8 Å². The summed E-state index contributed by atoms with van der Waals surface area (Å²) in [7, 11) is -8.05. The number of pyridine rings is 1. The minimum Gasteiger partial charge on any atom is -0.487 e. The lowest BCUT2D eigenvalue weighted by Gasteiger charge is -2.47. The number of benzene rings is 2. The number of aryl methyl sites for hydroxylation is 2. The van der Waals surface area contributed by atoms with Crippen molar-refractivity contribution in [2.75, 3.05) is 13.1 Å². The zero-order chi connectivity index (χ0) is 75.4. The second-order valence-electron chi connectivity index (χ2n) is 32.6. The molecular formula is C79H101N11O16S2. The molecular weight excluding hydrogens is 1420 g/mol. The molecule has 6 N–H and O–H groups in total. The summed E-state index contributed by atoms with van der Waals surface area (Å²) < 4.78 is 83.6. The van der Waals surface area contributed by atoms with Crippen LogP contribution in [-0.4, -0.2) is 172 Å². The number of amides is 8. The number of alkyl carbamates (subject to hydrolysis) is 2. The number of hydrogen-bond acceptors (Lipinski definition) is 19. The molecule has 29 heteroatoms. The lowest BCUT2D eigenvalue weighted by molar-refractivity contribution is -0.145. The SMILES string of the molecule is C=CC1CCC1(NC(=O)C1CC2CN1C(=O)C(C)NC(=O)OC1CCCC1CCCCCc1nc3cc(C4CCC(C5NC(=O)OC6CCCC6CCCCCc6nc7ccccc7cc6OC6CC(C(=O)NC7(C(=O)NS(=O)(=O)C8CC8)CCC7C=C)N(C6)C5=O)C4)ccc3nc1O2)C(=O)NS(=O)(=O)C1CC1. The number of carbonyl (C=O) groups is 8. The van der Waals surface area contributed by atoms with Gasteiger partial charge < -0.3 is 50.0 Å². The van der Waals surface area contributed by atoms with Gasteiger partial charge in [-0.1, -0.05) is 62.1 Å². The van der Waals surface area contributed by atoms with E-state index in [1.165, 1.54) is 22.8 Å². The maximum atomic E-state index is 16.1. The van der Waals surface area contributed by atoms with Gasteiger partial charge in [0, 0.05) is 30.1 Å². The van der Waals surface area contributed by atoms with E-state index >= 15 is 9.59 Å². The molecule has 11 aliphatic rings. The van der Waals surface area contributed by atoms with Crippen molar-refractivity contribution in [3.05, 3.63) is 90.8 Å². The number of ether oxygens (including phenoxy) is 4. The molecule has 16 unspecified atom stereocenters. The van der Waals surface area contributed by atoms with Crippen LogP contribution in [0.1, 0.15) is 203 Å². The zero-order valence-electron chi connectivity index (χ0n) is 61.4. The van der Waals surface area contributed by atoms with Crippen LogP contribution in [0.4, 0.5) is 9.59 Å². The molecule has 6 heterocycles. The Labute approximate surface area is 630 Å². The van der Waals surface area contributed by atoms with Gasteiger partial charge in [0.05, 0.1) is 45.8 Å². The van der Waals surface area contributed by atoms with Gasteiger partial charge in [0.1, 0.15) is 71.1 Å². The molecule has 4 aromatic rings. The van der Waals surface area contributed by atoms with Crippen molar-refractivity contribution < 1.29 is 74.1 Å². The summed E-state index contributed by atoms with van der Waals surface area (Å²) in [5.41, 5.74) is 0.743. The fourth-order valence-corrected chi connectivity index (χ4v) is 21.5. The van der Waals surface area contributed by atoms with Crippen molar-refractivity contribution in [1.29, 1.82) is 0 Å². The van der Waals surface area contributed by atoms with Crippen LogP contribution in [0, 0.1) is 29.6 Å². The highest BCUT2D eigenvalue weighted by Gasteiger charge is 2.59. The smallest absolute Gasteiger partial charge is 0.408 e. The fourth-order valence-electron chi connectivity index (χ4n) is 18.8. The van der Waals surface area contributed by atoms with Crippen LogP contribution in [0.2, 0.25) is 0 Å². The Bertz CT molecular complexity index is 4460. The van der Waals surface area contributed by atoms with Crippen molar-refractivity contribution in [3.8, 4) is 11.6 Å². The van der Waals surface area contributed by atoms with Crippen molar-refractivity contribution in [2.24, 2.45) is 29.6 Å². The third kappa shape index (κ3) is 15.5. The van der Waals surface area contributed by atoms with Crippen LogP contribution in [0.25, 0.3) is 21.9 Å². The Morgan fingerprint density at radius 2 is 1.08 bits per heavy atom. The lowest BCUT2D eigenvalue weighted by Crippen LogP contribution is -2.70. The monoisotopic (exact) mass is 1520 g/mol. The first-order valence-electron chi connectivity index (χ1n) is 39.6. The molecule has 15 rings (SSSR count). The summed E-state index contributed by atoms with van der Waals surface area (Å²) in [6.07, 6.45) is 16.1. The maximum Gasteiger partial charge on any atom is 0.408 e. The molecule has 4 bridgehead atoms. The first-order valence-corrected chi connectivity index (χ1v) is 42.7. The van der Waals surface area contributed by atoms with E-state index in [9.17, 15) is 45.6 Å². The highest BCUT2D eigenvalue weighted by molar-refractivity contribution is 7.91. The summed E-state index contributed by atoms with van der Waals surface area (Å²) in [6.45, 7) is 9.17. The van der Waals surface area contributed by atoms with Gasteiger partial charge in [-0.05, 0) is 208 Å². The Hall–Kier alpha value is -8.47. The van der Waals surface area contributed by atoms with Gasteiger partial charge >= 0.3 is 12.2 Å². The van der Waals surface area contributed by atoms with Crippen molar-refractivity contribution in [3.63, 3.8) is 0 Å². The first-order chi connectivity index (χ1) is 52.0. The predicted octanol–water partition coefficient (Wildman–Crippen LogP) is 8.36. The third-order valence-corrected chi connectivity index (χ3v) is 29.2. The van der Waals surface area contributed by atoms with E-state index < -0.39 is 143 Å². The topological polar surface area (TPSA) is 359 Å². The van der Waals surface area contributed by atoms with E-state index in [1.807, 2.05) is 48.5 Å². The fraction of sp³-hybridized carbons (Fsp3) is 0.633. The number of rotatable bonds is 14. The molecule has 7 aliphatic carbocycles. The van der Waals surface area contributed by atoms with Crippen LogP contribution in [0.5, 0.6) is 11.6 Å². The molecule has 2 aromatic carbocycles. The number of aromatic nitrogens is 3. The van der Waals surface area contributed by atoms with Crippen molar-refractivity contribution in [2.45, 2.75) is 269 Å². The van der Waals surface area contributed by atoms with E-state index in [4.69, 9.17) is 33.9 Å². The van der Waals surface area contributed by atoms with Crippen LogP contribution in [0.15, 0.2) is 73.8 Å². The number of sulfonamides is 2. The molecule has 27 nitrogen and oxygen atoms in total. The molecule has 0 radical (unpaired) electrons. The molecule has 108 heavy (non-hydrogen) atoms. The average Bonchev–Trinajstić information content (AvgIpc) is 0.960. The molecule has 4 aliphatic heterocycles. The standard InChI is InChI=1S/C79H101N11O16S2/c1-4-52-34-36-78(52,74(95)87-107(99,100)56-29-30-56)85-69(91)63-42-55-44-89(63)72(93)45(3)80-76(97)105-65-24-14-19-46(65)17-9-7-11-23-61-71(104-55)83-59-33-28-49(39-62(59)82-61)48-26-27-51(38-48)68-73(94)90-43-54(41-64(90)70(92)86-79(37-35-53(79)5-2)75(96)88-108(101,102)57-31-32-57)103-67-40-50-18-12-13-21-58(50)81-60(67)22-10-6-8-16-47-20-15-25-66(47)106-77(98)84-68/h4-5,12-13,18,21,28,33,39-40,45-48,51-57,63-66,68H,1-2,6-11,14-17,19-20,22-27,29-32,34-38,41-44H2,3H3,(H,80,97)(H,84,98)(H,85,91)(H,86,92)(H,87,95)(H,88,96). The van der Waals surface area contributed by atoms with E-state index in [2.05, 4.69) is 43.9 Å². The van der Waals surface area contributed by atoms with Gasteiger partial charge in [-0.3, -0.25) is 38.2 Å². The number of carbonyl (C=O) groups excluding carboxylic acids is 8. The molecule has 16 atom stereocenters. The van der Waals surface area contributed by atoms with Gasteiger partial charge in [0.2, 0.25) is 49.6 Å². The van der Waals surface area contributed by atoms with E-state index in [0.29, 0.717) is 112 Å². The first kappa shape index (κ1) is 75.0. The van der Waals surface area contributed by atoms with Crippen LogP contribution < -0.4 is 40.2 Å². The number of nitrogens with one attached hydrogen (secondary N) is 6.